The van der Waals surface area contributed by atoms with Crippen molar-refractivity contribution in [1.82, 2.24) is 0 Å². The van der Waals surface area contributed by atoms with Crippen molar-refractivity contribution in [2.45, 2.75) is 32.7 Å². The molecule has 0 spiro atoms. The molecule has 5 nitrogen and oxygen atoms in total. The SMILES string of the molecule is CCC(CC)N(CCOC)c1ccc(/C(N)=N/O)cc1Br. The minimum absolute atomic E-state index is 0.105. The van der Waals surface area contributed by atoms with Gasteiger partial charge in [-0.25, -0.2) is 0 Å². The summed E-state index contributed by atoms with van der Waals surface area (Å²) in [6, 6.07) is 6.17. The molecule has 1 rings (SSSR count). The van der Waals surface area contributed by atoms with Gasteiger partial charge in [0.05, 0.1) is 12.3 Å². The van der Waals surface area contributed by atoms with E-state index in [0.717, 1.165) is 29.5 Å². The molecule has 0 unspecified atom stereocenters. The molecular formula is C15H24BrN3O2. The van der Waals surface area contributed by atoms with Crippen LogP contribution in [0.4, 0.5) is 5.69 Å². The number of ether oxygens (including phenoxy) is 1. The molecule has 0 fully saturated rings. The second-order valence-electron chi connectivity index (χ2n) is 4.81. The zero-order valence-electron chi connectivity index (χ0n) is 12.8. The van der Waals surface area contributed by atoms with Crippen LogP contribution in [0.1, 0.15) is 32.3 Å². The molecule has 1 aromatic carbocycles. The van der Waals surface area contributed by atoms with Crippen LogP contribution in [-0.2, 0) is 4.74 Å². The molecule has 1 aromatic rings. The topological polar surface area (TPSA) is 71.1 Å². The second-order valence-corrected chi connectivity index (χ2v) is 5.66. The number of oxime groups is 1. The molecule has 0 aliphatic heterocycles. The summed E-state index contributed by atoms with van der Waals surface area (Å²) in [5, 5.41) is 11.8. The average Bonchev–Trinajstić information content (AvgIpc) is 2.51. The zero-order chi connectivity index (χ0) is 15.8. The highest BCUT2D eigenvalue weighted by Crippen LogP contribution is 2.30. The van der Waals surface area contributed by atoms with E-state index in [4.69, 9.17) is 15.7 Å². The van der Waals surface area contributed by atoms with Crippen LogP contribution in [0, 0.1) is 0 Å². The fourth-order valence-electron chi connectivity index (χ4n) is 2.38. The van der Waals surface area contributed by atoms with E-state index in [-0.39, 0.29) is 5.84 Å². The van der Waals surface area contributed by atoms with Crippen LogP contribution in [-0.4, -0.2) is 37.3 Å². The largest absolute Gasteiger partial charge is 0.409 e. The smallest absolute Gasteiger partial charge is 0.170 e. The lowest BCUT2D eigenvalue weighted by atomic mass is 10.1. The van der Waals surface area contributed by atoms with Gasteiger partial charge in [-0.2, -0.15) is 0 Å². The lowest BCUT2D eigenvalue weighted by Crippen LogP contribution is -2.37. The molecule has 0 amide bonds. The van der Waals surface area contributed by atoms with Crippen LogP contribution in [0.2, 0.25) is 0 Å². The van der Waals surface area contributed by atoms with Gasteiger partial charge in [0.1, 0.15) is 0 Å². The van der Waals surface area contributed by atoms with E-state index in [2.05, 4.69) is 39.8 Å². The summed E-state index contributed by atoms with van der Waals surface area (Å²) in [5.41, 5.74) is 7.40. The first-order chi connectivity index (χ1) is 10.1. The van der Waals surface area contributed by atoms with Crippen molar-refractivity contribution >= 4 is 27.5 Å². The molecule has 0 radical (unpaired) electrons. The summed E-state index contributed by atoms with van der Waals surface area (Å²) in [5.74, 6) is 0.105. The molecule has 0 atom stereocenters. The first-order valence-corrected chi connectivity index (χ1v) is 7.91. The van der Waals surface area contributed by atoms with Crippen LogP contribution < -0.4 is 10.6 Å². The predicted molar refractivity (Wildman–Crippen MR) is 90.2 cm³/mol. The molecule has 3 N–H and O–H groups in total. The molecule has 0 bridgehead atoms. The standard InChI is InChI=1S/C15H24BrN3O2/c1-4-12(5-2)19(8-9-21-3)14-7-6-11(10-13(14)16)15(17)18-20/h6-7,10,12,20H,4-5,8-9H2,1-3H3,(H2,17,18). The van der Waals surface area contributed by atoms with Gasteiger partial charge in [-0.1, -0.05) is 19.0 Å². The molecule has 0 saturated heterocycles. The Balaban J connectivity index is 3.12. The number of hydrogen-bond donors (Lipinski definition) is 2. The number of methoxy groups -OCH3 is 1. The highest BCUT2D eigenvalue weighted by atomic mass is 79.9. The first kappa shape index (κ1) is 17.8. The van der Waals surface area contributed by atoms with Gasteiger partial charge in [-0.15, -0.1) is 0 Å². The van der Waals surface area contributed by atoms with Crippen molar-refractivity contribution in [2.24, 2.45) is 10.9 Å². The molecule has 0 aliphatic rings. The van der Waals surface area contributed by atoms with Gasteiger partial charge < -0.3 is 20.6 Å². The molecule has 0 heterocycles. The lowest BCUT2D eigenvalue weighted by Gasteiger charge is -2.33. The van der Waals surface area contributed by atoms with Crippen molar-refractivity contribution in [3.8, 4) is 0 Å². The minimum atomic E-state index is 0.105. The molecule has 0 saturated carbocycles. The number of anilines is 1. The third-order valence-electron chi connectivity index (χ3n) is 3.58. The molecule has 118 valence electrons. The Morgan fingerprint density at radius 2 is 2.10 bits per heavy atom. The average molecular weight is 358 g/mol. The Bertz CT molecular complexity index is 476. The van der Waals surface area contributed by atoms with E-state index in [1.165, 1.54) is 0 Å². The van der Waals surface area contributed by atoms with Crippen LogP contribution in [0.3, 0.4) is 0 Å². The maximum Gasteiger partial charge on any atom is 0.170 e. The van der Waals surface area contributed by atoms with Gasteiger partial charge in [-0.05, 0) is 47.0 Å². The van der Waals surface area contributed by atoms with Crippen LogP contribution >= 0.6 is 15.9 Å². The van der Waals surface area contributed by atoms with Crippen LogP contribution in [0.25, 0.3) is 0 Å². The zero-order valence-corrected chi connectivity index (χ0v) is 14.4. The summed E-state index contributed by atoms with van der Waals surface area (Å²) in [6.07, 6.45) is 2.13. The molecule has 0 aromatic heterocycles. The van der Waals surface area contributed by atoms with Crippen LogP contribution in [0.15, 0.2) is 27.8 Å². The van der Waals surface area contributed by atoms with E-state index in [1.807, 2.05) is 18.2 Å². The fraction of sp³-hybridized carbons (Fsp3) is 0.533. The Morgan fingerprint density at radius 3 is 2.57 bits per heavy atom. The number of nitrogens with two attached hydrogens (primary N) is 1. The highest BCUT2D eigenvalue weighted by Gasteiger charge is 2.18. The number of amidine groups is 1. The summed E-state index contributed by atoms with van der Waals surface area (Å²) in [4.78, 5) is 2.34. The Hall–Kier alpha value is -1.27. The van der Waals surface area contributed by atoms with Gasteiger partial charge in [0, 0.05) is 29.7 Å². The van der Waals surface area contributed by atoms with Gasteiger partial charge >= 0.3 is 0 Å². The summed E-state index contributed by atoms with van der Waals surface area (Å²) >= 11 is 3.59. The third kappa shape index (κ3) is 4.61. The number of halogens is 1. The van der Waals surface area contributed by atoms with Crippen molar-refractivity contribution in [1.29, 1.82) is 0 Å². The molecular weight excluding hydrogens is 334 g/mol. The van der Waals surface area contributed by atoms with Crippen LogP contribution in [0.5, 0.6) is 0 Å². The highest BCUT2D eigenvalue weighted by molar-refractivity contribution is 9.10. The minimum Gasteiger partial charge on any atom is -0.409 e. The first-order valence-electron chi connectivity index (χ1n) is 7.11. The van der Waals surface area contributed by atoms with Gasteiger partial charge in [0.2, 0.25) is 0 Å². The van der Waals surface area contributed by atoms with Crippen molar-refractivity contribution < 1.29 is 9.94 Å². The third-order valence-corrected chi connectivity index (χ3v) is 4.22. The number of hydrogen-bond acceptors (Lipinski definition) is 4. The molecule has 21 heavy (non-hydrogen) atoms. The Kier molecular flexibility index (Phi) is 7.53. The summed E-state index contributed by atoms with van der Waals surface area (Å²) < 4.78 is 6.15. The molecule has 0 aliphatic carbocycles. The predicted octanol–water partition coefficient (Wildman–Crippen LogP) is 3.19. The van der Waals surface area contributed by atoms with Gasteiger partial charge in [-0.3, -0.25) is 0 Å². The quantitative estimate of drug-likeness (QED) is 0.324. The normalized spacial score (nSPS) is 12.0. The van der Waals surface area contributed by atoms with Crippen molar-refractivity contribution in [3.05, 3.63) is 28.2 Å². The Labute approximate surface area is 134 Å². The number of rotatable bonds is 8. The maximum atomic E-state index is 8.76. The molecule has 6 heteroatoms. The number of nitrogens with zero attached hydrogens (tertiary/aromatic N) is 2. The summed E-state index contributed by atoms with van der Waals surface area (Å²) in [7, 11) is 1.71. The fourth-order valence-corrected chi connectivity index (χ4v) is 2.98. The second kappa shape index (κ2) is 8.89. The monoisotopic (exact) mass is 357 g/mol. The van der Waals surface area contributed by atoms with Gasteiger partial charge in [0.25, 0.3) is 0 Å². The lowest BCUT2D eigenvalue weighted by molar-refractivity contribution is 0.202. The maximum absolute atomic E-state index is 8.76. The Morgan fingerprint density at radius 1 is 1.43 bits per heavy atom. The number of benzene rings is 1. The van der Waals surface area contributed by atoms with Gasteiger partial charge in [0.15, 0.2) is 5.84 Å². The van der Waals surface area contributed by atoms with E-state index < -0.39 is 0 Å². The van der Waals surface area contributed by atoms with Crippen molar-refractivity contribution in [2.75, 3.05) is 25.2 Å². The van der Waals surface area contributed by atoms with E-state index in [1.54, 1.807) is 7.11 Å². The van der Waals surface area contributed by atoms with E-state index >= 15 is 0 Å². The van der Waals surface area contributed by atoms with E-state index in [0.29, 0.717) is 18.2 Å². The van der Waals surface area contributed by atoms with E-state index in [9.17, 15) is 0 Å². The summed E-state index contributed by atoms with van der Waals surface area (Å²) in [6.45, 7) is 5.87. The van der Waals surface area contributed by atoms with Crippen molar-refractivity contribution in [3.63, 3.8) is 0 Å².